The zero-order valence-electron chi connectivity index (χ0n) is 13.7. The number of hydrogen-bond acceptors (Lipinski definition) is 2. The van der Waals surface area contributed by atoms with Crippen LogP contribution < -0.4 is 10.1 Å². The smallest absolute Gasteiger partial charge is 0.416 e. The number of alkyl halides is 3. The van der Waals surface area contributed by atoms with E-state index >= 15 is 0 Å². The molecule has 0 bridgehead atoms. The maximum Gasteiger partial charge on any atom is 0.416 e. The molecule has 2 atom stereocenters. The minimum absolute atomic E-state index is 0.192. The van der Waals surface area contributed by atoms with Crippen LogP contribution >= 0.6 is 11.6 Å². The third kappa shape index (κ3) is 4.49. The van der Waals surface area contributed by atoms with Crippen LogP contribution in [0.5, 0.6) is 5.75 Å². The minimum Gasteiger partial charge on any atom is -0.492 e. The van der Waals surface area contributed by atoms with Gasteiger partial charge < -0.3 is 10.1 Å². The van der Waals surface area contributed by atoms with E-state index in [4.69, 9.17) is 16.3 Å². The van der Waals surface area contributed by atoms with Crippen molar-refractivity contribution in [1.29, 1.82) is 0 Å². The van der Waals surface area contributed by atoms with E-state index in [0.717, 1.165) is 6.07 Å². The van der Waals surface area contributed by atoms with Gasteiger partial charge in [-0.15, -0.1) is 0 Å². The second kappa shape index (κ2) is 7.58. The predicted octanol–water partition coefficient (Wildman–Crippen LogP) is 4.66. The van der Waals surface area contributed by atoms with Crippen LogP contribution in [0.25, 0.3) is 0 Å². The summed E-state index contributed by atoms with van der Waals surface area (Å²) in [5.41, 5.74) is -0.469. The third-order valence-electron chi connectivity index (χ3n) is 4.28. The number of rotatable bonds is 6. The minimum atomic E-state index is -4.41. The largest absolute Gasteiger partial charge is 0.492 e. The van der Waals surface area contributed by atoms with Gasteiger partial charge in [-0.05, 0) is 48.2 Å². The van der Waals surface area contributed by atoms with Crippen molar-refractivity contribution in [2.75, 3.05) is 13.2 Å². The number of amides is 1. The molecule has 3 rings (SSSR count). The van der Waals surface area contributed by atoms with Crippen molar-refractivity contribution in [1.82, 2.24) is 5.32 Å². The highest BCUT2D eigenvalue weighted by Gasteiger charge is 2.47. The molecule has 3 nitrogen and oxygen atoms in total. The van der Waals surface area contributed by atoms with Crippen LogP contribution in [-0.4, -0.2) is 19.1 Å². The first-order valence-electron chi connectivity index (χ1n) is 8.18. The van der Waals surface area contributed by atoms with E-state index in [-0.39, 0.29) is 30.5 Å². The molecule has 0 heterocycles. The molecule has 2 unspecified atom stereocenters. The van der Waals surface area contributed by atoms with Crippen LogP contribution in [0, 0.1) is 5.92 Å². The number of nitrogens with one attached hydrogen (secondary N) is 1. The highest BCUT2D eigenvalue weighted by atomic mass is 35.5. The number of ether oxygens (including phenoxy) is 1. The average Bonchev–Trinajstić information content (AvgIpc) is 3.40. The van der Waals surface area contributed by atoms with E-state index in [1.165, 1.54) is 12.1 Å². The van der Waals surface area contributed by atoms with Crippen molar-refractivity contribution < 1.29 is 22.7 Å². The standard InChI is InChI=1S/C19H17ClF3NO2/c20-12-5-7-13(8-6-12)26-10-9-24-18(25)16-11-15(16)14-3-1-2-4-17(14)19(21,22)23/h1-8,15-16H,9-11H2,(H,24,25). The van der Waals surface area contributed by atoms with Gasteiger partial charge in [0.25, 0.3) is 0 Å². The Morgan fingerprint density at radius 3 is 2.54 bits per heavy atom. The summed E-state index contributed by atoms with van der Waals surface area (Å²) in [6, 6.07) is 12.3. The van der Waals surface area contributed by atoms with E-state index in [0.29, 0.717) is 17.2 Å². The summed E-state index contributed by atoms with van der Waals surface area (Å²) in [6.07, 6.45) is -3.98. The quantitative estimate of drug-likeness (QED) is 0.737. The van der Waals surface area contributed by atoms with Crippen LogP contribution in [-0.2, 0) is 11.0 Å². The van der Waals surface area contributed by atoms with Gasteiger partial charge in [0.1, 0.15) is 12.4 Å². The molecule has 1 amide bonds. The molecule has 1 saturated carbocycles. The van der Waals surface area contributed by atoms with Crippen molar-refractivity contribution >= 4 is 17.5 Å². The molecular weight excluding hydrogens is 367 g/mol. The van der Waals surface area contributed by atoms with E-state index in [2.05, 4.69) is 5.32 Å². The fraction of sp³-hybridized carbons (Fsp3) is 0.316. The Morgan fingerprint density at radius 1 is 1.15 bits per heavy atom. The van der Waals surface area contributed by atoms with Crippen LogP contribution in [0.2, 0.25) is 5.02 Å². The molecule has 1 aliphatic carbocycles. The van der Waals surface area contributed by atoms with Crippen LogP contribution in [0.3, 0.4) is 0 Å². The van der Waals surface area contributed by atoms with Gasteiger partial charge in [0.2, 0.25) is 5.91 Å². The molecule has 0 radical (unpaired) electrons. The van der Waals surface area contributed by atoms with Crippen LogP contribution in [0.15, 0.2) is 48.5 Å². The van der Waals surface area contributed by atoms with Crippen molar-refractivity contribution in [3.8, 4) is 5.75 Å². The molecule has 0 aromatic heterocycles. The van der Waals surface area contributed by atoms with Gasteiger partial charge in [-0.2, -0.15) is 13.2 Å². The highest BCUT2D eigenvalue weighted by molar-refractivity contribution is 6.30. The first-order chi connectivity index (χ1) is 12.4. The maximum atomic E-state index is 13.1. The Kier molecular flexibility index (Phi) is 5.41. The molecule has 138 valence electrons. The van der Waals surface area contributed by atoms with Gasteiger partial charge in [0.05, 0.1) is 12.1 Å². The molecule has 0 aliphatic heterocycles. The lowest BCUT2D eigenvalue weighted by molar-refractivity contribution is -0.138. The van der Waals surface area contributed by atoms with Crippen molar-refractivity contribution in [2.24, 2.45) is 5.92 Å². The monoisotopic (exact) mass is 383 g/mol. The van der Waals surface area contributed by atoms with Gasteiger partial charge in [-0.25, -0.2) is 0 Å². The lowest BCUT2D eigenvalue weighted by atomic mass is 10.0. The van der Waals surface area contributed by atoms with E-state index < -0.39 is 17.7 Å². The zero-order chi connectivity index (χ0) is 18.7. The molecule has 2 aromatic carbocycles. The van der Waals surface area contributed by atoms with Gasteiger partial charge >= 0.3 is 6.18 Å². The molecule has 26 heavy (non-hydrogen) atoms. The summed E-state index contributed by atoms with van der Waals surface area (Å²) >= 11 is 5.78. The average molecular weight is 384 g/mol. The molecule has 1 aliphatic rings. The SMILES string of the molecule is O=C(NCCOc1ccc(Cl)cc1)C1CC1c1ccccc1C(F)(F)F. The van der Waals surface area contributed by atoms with Crippen LogP contribution in [0.4, 0.5) is 13.2 Å². The summed E-state index contributed by atoms with van der Waals surface area (Å²) < 4.78 is 44.7. The van der Waals surface area contributed by atoms with Crippen LogP contribution in [0.1, 0.15) is 23.5 Å². The van der Waals surface area contributed by atoms with Gasteiger partial charge in [-0.1, -0.05) is 29.8 Å². The summed E-state index contributed by atoms with van der Waals surface area (Å²) in [5, 5.41) is 3.31. The Morgan fingerprint density at radius 2 is 1.85 bits per heavy atom. The molecule has 2 aromatic rings. The fourth-order valence-electron chi connectivity index (χ4n) is 2.91. The first-order valence-corrected chi connectivity index (χ1v) is 8.56. The number of carbonyl (C=O) groups is 1. The van der Waals surface area contributed by atoms with E-state index in [1.807, 2.05) is 0 Å². The second-order valence-electron chi connectivity index (χ2n) is 6.13. The Hall–Kier alpha value is -2.21. The Labute approximate surface area is 154 Å². The molecule has 0 saturated heterocycles. The van der Waals surface area contributed by atoms with Gasteiger partial charge in [0, 0.05) is 10.9 Å². The summed E-state index contributed by atoms with van der Waals surface area (Å²) in [6.45, 7) is 0.551. The topological polar surface area (TPSA) is 38.3 Å². The van der Waals surface area contributed by atoms with Gasteiger partial charge in [-0.3, -0.25) is 4.79 Å². The number of halogens is 4. The summed E-state index contributed by atoms with van der Waals surface area (Å²) in [7, 11) is 0. The number of benzene rings is 2. The molecule has 1 fully saturated rings. The highest BCUT2D eigenvalue weighted by Crippen LogP contribution is 2.50. The molecular formula is C19H17ClF3NO2. The maximum absolute atomic E-state index is 13.1. The normalized spacial score (nSPS) is 19.1. The third-order valence-corrected chi connectivity index (χ3v) is 4.53. The van der Waals surface area contributed by atoms with Crippen molar-refractivity contribution in [2.45, 2.75) is 18.5 Å². The lowest BCUT2D eigenvalue weighted by Gasteiger charge is -2.12. The Balaban J connectivity index is 1.48. The molecule has 7 heteroatoms. The van der Waals surface area contributed by atoms with Crippen molar-refractivity contribution in [3.63, 3.8) is 0 Å². The number of carbonyl (C=O) groups excluding carboxylic acids is 1. The summed E-state index contributed by atoms with van der Waals surface area (Å²) in [4.78, 5) is 12.1. The zero-order valence-corrected chi connectivity index (χ0v) is 14.5. The fourth-order valence-corrected chi connectivity index (χ4v) is 3.04. The molecule has 1 N–H and O–H groups in total. The lowest BCUT2D eigenvalue weighted by Crippen LogP contribution is -2.29. The predicted molar refractivity (Wildman–Crippen MR) is 92.2 cm³/mol. The van der Waals surface area contributed by atoms with Crippen molar-refractivity contribution in [3.05, 3.63) is 64.7 Å². The van der Waals surface area contributed by atoms with Gasteiger partial charge in [0.15, 0.2) is 0 Å². The molecule has 0 spiro atoms. The van der Waals surface area contributed by atoms with E-state index in [9.17, 15) is 18.0 Å². The van der Waals surface area contributed by atoms with E-state index in [1.54, 1.807) is 30.3 Å². The second-order valence-corrected chi connectivity index (χ2v) is 6.56. The summed E-state index contributed by atoms with van der Waals surface area (Å²) in [5.74, 6) is -0.419. The Bertz CT molecular complexity index is 777. The first kappa shape index (κ1) is 18.6. The number of hydrogen-bond donors (Lipinski definition) is 1.